The molecule has 0 aromatic heterocycles. The number of carbonyl (C=O) groups is 1. The molecule has 2 saturated heterocycles. The minimum Gasteiger partial charge on any atom is -0.496 e. The molecule has 0 saturated carbocycles. The number of nitrogens with zero attached hydrogens (tertiary/aromatic N) is 4. The van der Waals surface area contributed by atoms with Crippen molar-refractivity contribution in [3.8, 4) is 11.5 Å². The van der Waals surface area contributed by atoms with Crippen molar-refractivity contribution in [2.75, 3.05) is 89.5 Å². The predicted octanol–water partition coefficient (Wildman–Crippen LogP) is 7.82. The number of carbonyl (C=O) groups excluding carboxylic acids is 1. The first-order chi connectivity index (χ1) is 25.9. The van der Waals surface area contributed by atoms with Gasteiger partial charge < -0.3 is 19.3 Å². The molecule has 6 rings (SSSR count). The van der Waals surface area contributed by atoms with E-state index >= 15 is 4.79 Å². The van der Waals surface area contributed by atoms with Crippen LogP contribution in [0.3, 0.4) is 0 Å². The normalized spacial score (nSPS) is 17.3. The number of para-hydroxylation sites is 2. The van der Waals surface area contributed by atoms with Crippen LogP contribution >= 0.6 is 0 Å². The van der Waals surface area contributed by atoms with Gasteiger partial charge in [0.25, 0.3) is 0 Å². The van der Waals surface area contributed by atoms with Crippen LogP contribution in [0.15, 0.2) is 97.1 Å². The van der Waals surface area contributed by atoms with E-state index in [1.807, 2.05) is 58.3 Å². The van der Waals surface area contributed by atoms with E-state index in [-0.39, 0.29) is 5.78 Å². The van der Waals surface area contributed by atoms with Crippen molar-refractivity contribution >= 4 is 17.2 Å². The lowest BCUT2D eigenvalue weighted by molar-refractivity contribution is -0.138. The molecule has 4 aromatic carbocycles. The molecule has 0 N–H and O–H groups in total. The molecule has 0 amide bonds. The number of piperazine rings is 2. The second-order valence-electron chi connectivity index (χ2n) is 13.7. The first-order valence-electron chi connectivity index (χ1n) is 17.9. The van der Waals surface area contributed by atoms with E-state index < -0.39 is 35.3 Å². The number of benzene rings is 4. The van der Waals surface area contributed by atoms with E-state index in [9.17, 15) is 26.3 Å². The van der Waals surface area contributed by atoms with Crippen LogP contribution in [0, 0.1) is 0 Å². The van der Waals surface area contributed by atoms with Gasteiger partial charge in [-0.25, -0.2) is 0 Å². The number of halogens is 6. The molecule has 54 heavy (non-hydrogen) atoms. The van der Waals surface area contributed by atoms with Gasteiger partial charge in [-0.3, -0.25) is 14.6 Å². The highest BCUT2D eigenvalue weighted by Crippen LogP contribution is 2.38. The summed E-state index contributed by atoms with van der Waals surface area (Å²) in [6.07, 6.45) is -8.87. The summed E-state index contributed by atoms with van der Waals surface area (Å²) in [7, 11) is 3.13. The molecule has 2 heterocycles. The molecular weight excluding hydrogens is 710 g/mol. The van der Waals surface area contributed by atoms with Gasteiger partial charge in [0, 0.05) is 87.9 Å². The Morgan fingerprint density at radius 3 is 1.28 bits per heavy atom. The maximum atomic E-state index is 15.2. The Morgan fingerprint density at radius 1 is 0.556 bits per heavy atom. The van der Waals surface area contributed by atoms with E-state index in [4.69, 9.17) is 9.47 Å². The van der Waals surface area contributed by atoms with Gasteiger partial charge in [-0.15, -0.1) is 0 Å². The summed E-state index contributed by atoms with van der Waals surface area (Å²) in [4.78, 5) is 23.4. The predicted molar refractivity (Wildman–Crippen MR) is 197 cm³/mol. The van der Waals surface area contributed by atoms with E-state index in [0.29, 0.717) is 88.3 Å². The Balaban J connectivity index is 1.24. The zero-order chi connectivity index (χ0) is 38.5. The largest absolute Gasteiger partial charge is 0.496 e. The second kappa shape index (κ2) is 16.7. The number of hydrogen-bond donors (Lipinski definition) is 0. The third-order valence-corrected chi connectivity index (χ3v) is 10.4. The molecule has 13 heteroatoms. The summed E-state index contributed by atoms with van der Waals surface area (Å²) in [5, 5.41) is 0. The number of Topliss-reactive ketones (excluding diaryl/α,β-unsaturated/α-hetero) is 1. The number of methoxy groups -OCH3 is 2. The SMILES string of the molecule is COc1ccccc1C(CN1CCN(c2cccc(C(F)(F)F)c2)CC1)C(=O)C(CN1CCN(c2cccc(C(F)(F)F)c2)CC1)c1ccccc1OC. The highest BCUT2D eigenvalue weighted by Gasteiger charge is 2.37. The highest BCUT2D eigenvalue weighted by atomic mass is 19.4. The smallest absolute Gasteiger partial charge is 0.416 e. The van der Waals surface area contributed by atoms with Crippen LogP contribution in [0.4, 0.5) is 37.7 Å². The van der Waals surface area contributed by atoms with Crippen LogP contribution in [0.5, 0.6) is 11.5 Å². The van der Waals surface area contributed by atoms with Gasteiger partial charge in [0.2, 0.25) is 0 Å². The van der Waals surface area contributed by atoms with Gasteiger partial charge in [-0.05, 0) is 48.5 Å². The lowest BCUT2D eigenvalue weighted by atomic mass is 9.82. The Labute approximate surface area is 311 Å². The summed E-state index contributed by atoms with van der Waals surface area (Å²) < 4.78 is 92.2. The maximum absolute atomic E-state index is 15.2. The Kier molecular flexibility index (Phi) is 12.1. The fraction of sp³-hybridized carbons (Fsp3) is 0.390. The van der Waals surface area contributed by atoms with Crippen molar-refractivity contribution in [2.45, 2.75) is 24.2 Å². The number of ketones is 1. The van der Waals surface area contributed by atoms with Crippen molar-refractivity contribution in [1.29, 1.82) is 0 Å². The molecule has 0 aliphatic carbocycles. The number of hydrogen-bond acceptors (Lipinski definition) is 7. The third kappa shape index (κ3) is 9.12. The minimum atomic E-state index is -4.44. The van der Waals surface area contributed by atoms with Crippen LogP contribution in [-0.2, 0) is 17.1 Å². The summed E-state index contributed by atoms with van der Waals surface area (Å²) in [5.74, 6) is -0.131. The van der Waals surface area contributed by atoms with Gasteiger partial charge in [-0.2, -0.15) is 26.3 Å². The van der Waals surface area contributed by atoms with Gasteiger partial charge in [0.05, 0.1) is 37.2 Å². The van der Waals surface area contributed by atoms with E-state index in [1.165, 1.54) is 24.3 Å². The molecule has 2 unspecified atom stereocenters. The van der Waals surface area contributed by atoms with Gasteiger partial charge in [0.1, 0.15) is 11.5 Å². The fourth-order valence-corrected chi connectivity index (χ4v) is 7.49. The Bertz CT molecular complexity index is 1740. The van der Waals surface area contributed by atoms with Crippen molar-refractivity contribution < 1.29 is 40.6 Å². The number of anilines is 2. The van der Waals surface area contributed by atoms with Gasteiger partial charge in [0.15, 0.2) is 5.78 Å². The molecule has 4 aromatic rings. The van der Waals surface area contributed by atoms with Gasteiger partial charge in [-0.1, -0.05) is 48.5 Å². The minimum absolute atomic E-state index is 0.0374. The van der Waals surface area contributed by atoms with Crippen molar-refractivity contribution in [3.63, 3.8) is 0 Å². The molecule has 7 nitrogen and oxygen atoms in total. The number of alkyl halides is 6. The van der Waals surface area contributed by atoms with Crippen molar-refractivity contribution in [1.82, 2.24) is 9.80 Å². The molecule has 2 fully saturated rings. The van der Waals surface area contributed by atoms with E-state index in [0.717, 1.165) is 23.3 Å². The van der Waals surface area contributed by atoms with Crippen molar-refractivity contribution in [2.24, 2.45) is 0 Å². The number of rotatable bonds is 12. The molecule has 0 radical (unpaired) electrons. The lowest BCUT2D eigenvalue weighted by Gasteiger charge is -2.40. The first kappa shape index (κ1) is 39.0. The molecule has 0 bridgehead atoms. The fourth-order valence-electron chi connectivity index (χ4n) is 7.49. The first-order valence-corrected chi connectivity index (χ1v) is 17.9. The average molecular weight is 755 g/mol. The second-order valence-corrected chi connectivity index (χ2v) is 13.7. The topological polar surface area (TPSA) is 48.5 Å². The maximum Gasteiger partial charge on any atom is 0.416 e. The molecular formula is C41H44F6N4O3. The van der Waals surface area contributed by atoms with Crippen LogP contribution in [0.25, 0.3) is 0 Å². The zero-order valence-electron chi connectivity index (χ0n) is 30.2. The molecule has 2 aliphatic rings. The Morgan fingerprint density at radius 2 is 0.926 bits per heavy atom. The zero-order valence-corrected chi connectivity index (χ0v) is 30.2. The average Bonchev–Trinajstić information content (AvgIpc) is 3.18. The van der Waals surface area contributed by atoms with Gasteiger partial charge >= 0.3 is 12.4 Å². The standard InChI is InChI=1S/C41H44F6N4O3/c1-53-37-15-5-3-13-33(37)35(27-48-17-21-50(22-18-48)31-11-7-9-29(25-31)40(42,43)44)39(52)36(34-14-4-6-16-38(34)54-2)28-49-19-23-51(24-20-49)32-12-8-10-30(26-32)41(45,46)47/h3-16,25-26,35-36H,17-24,27-28H2,1-2H3. The molecule has 288 valence electrons. The van der Waals surface area contributed by atoms with E-state index in [1.54, 1.807) is 26.4 Å². The molecule has 0 spiro atoms. The summed E-state index contributed by atoms with van der Waals surface area (Å²) >= 11 is 0. The third-order valence-electron chi connectivity index (χ3n) is 10.4. The monoisotopic (exact) mass is 754 g/mol. The quantitative estimate of drug-likeness (QED) is 0.137. The summed E-state index contributed by atoms with van der Waals surface area (Å²) in [6, 6.07) is 25.6. The Hall–Kier alpha value is -4.75. The summed E-state index contributed by atoms with van der Waals surface area (Å²) in [6.45, 7) is 4.81. The van der Waals surface area contributed by atoms with Crippen LogP contribution in [0.1, 0.15) is 34.1 Å². The number of ether oxygens (including phenoxy) is 2. The van der Waals surface area contributed by atoms with E-state index in [2.05, 4.69) is 9.80 Å². The lowest BCUT2D eigenvalue weighted by Crippen LogP contribution is -2.50. The molecule has 2 atom stereocenters. The van der Waals surface area contributed by atoms with Crippen LogP contribution in [0.2, 0.25) is 0 Å². The van der Waals surface area contributed by atoms with Crippen molar-refractivity contribution in [3.05, 3.63) is 119 Å². The van der Waals surface area contributed by atoms with Crippen LogP contribution < -0.4 is 19.3 Å². The molecule has 2 aliphatic heterocycles. The van der Waals surface area contributed by atoms with Crippen LogP contribution in [-0.4, -0.2) is 95.3 Å². The summed E-state index contributed by atoms with van der Waals surface area (Å²) in [5.41, 5.74) is 1.10. The highest BCUT2D eigenvalue weighted by molar-refractivity contribution is 5.93.